The minimum absolute atomic E-state index is 0.625. The van der Waals surface area contributed by atoms with Gasteiger partial charge in [-0.25, -0.2) is 15.0 Å². The third kappa shape index (κ3) is 4.23. The number of aromatic nitrogens is 3. The van der Waals surface area contributed by atoms with Crippen LogP contribution in [0.2, 0.25) is 0 Å². The smallest absolute Gasteiger partial charge is 0.164 e. The van der Waals surface area contributed by atoms with Gasteiger partial charge in [0.1, 0.15) is 11.2 Å². The second-order valence-corrected chi connectivity index (χ2v) is 10.1. The van der Waals surface area contributed by atoms with E-state index in [9.17, 15) is 0 Å². The fourth-order valence-electron chi connectivity index (χ4n) is 5.40. The van der Waals surface area contributed by atoms with Gasteiger partial charge < -0.3 is 4.42 Å². The van der Waals surface area contributed by atoms with Crippen LogP contribution >= 0.6 is 0 Å². The standard InChI is InChI=1S/C37H23N3O/c1-2-9-26(10-3-1)35-38-36(27-17-14-25(15-18-27)29-19-16-24-8-4-5-11-28(24)22-29)40-37(39-35)30-20-21-34-32(23-30)31-12-6-7-13-33(31)41-34/h1-23H. The molecule has 2 heterocycles. The van der Waals surface area contributed by atoms with Crippen molar-refractivity contribution in [2.45, 2.75) is 0 Å². The molecule has 0 saturated heterocycles. The average Bonchev–Trinajstić information content (AvgIpc) is 3.43. The molecule has 4 nitrogen and oxygen atoms in total. The van der Waals surface area contributed by atoms with Gasteiger partial charge in [0.05, 0.1) is 0 Å². The maximum atomic E-state index is 6.05. The number of nitrogens with zero attached hydrogens (tertiary/aromatic N) is 3. The topological polar surface area (TPSA) is 51.8 Å². The van der Waals surface area contributed by atoms with Crippen molar-refractivity contribution < 1.29 is 4.42 Å². The molecular formula is C37H23N3O. The summed E-state index contributed by atoms with van der Waals surface area (Å²) in [5.74, 6) is 1.90. The molecule has 0 unspecified atom stereocenters. The van der Waals surface area contributed by atoms with Gasteiger partial charge in [-0.2, -0.15) is 0 Å². The summed E-state index contributed by atoms with van der Waals surface area (Å²) in [7, 11) is 0. The summed E-state index contributed by atoms with van der Waals surface area (Å²) in [6.07, 6.45) is 0. The predicted molar refractivity (Wildman–Crippen MR) is 166 cm³/mol. The molecule has 0 atom stereocenters. The van der Waals surface area contributed by atoms with Crippen LogP contribution in [0.1, 0.15) is 0 Å². The van der Waals surface area contributed by atoms with E-state index in [0.717, 1.165) is 44.2 Å². The molecule has 6 aromatic carbocycles. The Hall–Kier alpha value is -5.61. The van der Waals surface area contributed by atoms with Crippen LogP contribution in [0.4, 0.5) is 0 Å². The summed E-state index contributed by atoms with van der Waals surface area (Å²) in [6.45, 7) is 0. The van der Waals surface area contributed by atoms with E-state index in [1.165, 1.54) is 16.3 Å². The van der Waals surface area contributed by atoms with Gasteiger partial charge in [-0.05, 0) is 52.2 Å². The van der Waals surface area contributed by atoms with E-state index >= 15 is 0 Å². The lowest BCUT2D eigenvalue weighted by Gasteiger charge is -2.09. The third-order valence-electron chi connectivity index (χ3n) is 7.53. The van der Waals surface area contributed by atoms with Crippen LogP contribution in [0.3, 0.4) is 0 Å². The minimum Gasteiger partial charge on any atom is -0.456 e. The molecule has 0 bridgehead atoms. The second kappa shape index (κ2) is 9.54. The summed E-state index contributed by atoms with van der Waals surface area (Å²) in [5.41, 5.74) is 6.83. The predicted octanol–water partition coefficient (Wildman–Crippen LogP) is 9.59. The highest BCUT2D eigenvalue weighted by Gasteiger charge is 2.14. The number of furan rings is 1. The zero-order valence-corrected chi connectivity index (χ0v) is 22.0. The monoisotopic (exact) mass is 525 g/mol. The molecule has 0 N–H and O–H groups in total. The summed E-state index contributed by atoms with van der Waals surface area (Å²) < 4.78 is 6.05. The lowest BCUT2D eigenvalue weighted by molar-refractivity contribution is 0.669. The van der Waals surface area contributed by atoms with Crippen molar-refractivity contribution in [2.75, 3.05) is 0 Å². The van der Waals surface area contributed by atoms with Gasteiger partial charge in [0.25, 0.3) is 0 Å². The summed E-state index contributed by atoms with van der Waals surface area (Å²) >= 11 is 0. The zero-order valence-electron chi connectivity index (χ0n) is 22.0. The summed E-state index contributed by atoms with van der Waals surface area (Å²) in [5, 5.41) is 4.58. The van der Waals surface area contributed by atoms with Crippen molar-refractivity contribution in [1.29, 1.82) is 0 Å². The lowest BCUT2D eigenvalue weighted by Crippen LogP contribution is -2.00. The first-order chi connectivity index (χ1) is 20.3. The molecule has 0 spiro atoms. The van der Waals surface area contributed by atoms with Crippen molar-refractivity contribution in [1.82, 2.24) is 15.0 Å². The normalized spacial score (nSPS) is 11.4. The van der Waals surface area contributed by atoms with Gasteiger partial charge in [-0.15, -0.1) is 0 Å². The maximum absolute atomic E-state index is 6.05. The highest BCUT2D eigenvalue weighted by Crippen LogP contribution is 2.33. The van der Waals surface area contributed by atoms with Crippen LogP contribution in [0.25, 0.3) is 78.0 Å². The van der Waals surface area contributed by atoms with E-state index in [4.69, 9.17) is 19.4 Å². The van der Waals surface area contributed by atoms with Crippen molar-refractivity contribution in [3.63, 3.8) is 0 Å². The largest absolute Gasteiger partial charge is 0.456 e. The molecule has 8 aromatic rings. The fraction of sp³-hybridized carbons (Fsp3) is 0. The van der Waals surface area contributed by atoms with E-state index in [0.29, 0.717) is 17.5 Å². The zero-order chi connectivity index (χ0) is 27.2. The Kier molecular flexibility index (Phi) is 5.42. The molecule has 0 aliphatic heterocycles. The molecular weight excluding hydrogens is 502 g/mol. The first kappa shape index (κ1) is 23.3. The first-order valence-electron chi connectivity index (χ1n) is 13.6. The molecule has 192 valence electrons. The quantitative estimate of drug-likeness (QED) is 0.230. The molecule has 8 rings (SSSR count). The Morgan fingerprint density at radius 2 is 0.902 bits per heavy atom. The Labute approximate surface area is 236 Å². The molecule has 0 aliphatic rings. The molecule has 0 radical (unpaired) electrons. The highest BCUT2D eigenvalue weighted by atomic mass is 16.3. The Morgan fingerprint density at radius 1 is 0.341 bits per heavy atom. The van der Waals surface area contributed by atoms with Crippen molar-refractivity contribution in [3.8, 4) is 45.3 Å². The Balaban J connectivity index is 1.24. The van der Waals surface area contributed by atoms with Crippen LogP contribution in [-0.2, 0) is 0 Å². The van der Waals surface area contributed by atoms with E-state index in [2.05, 4.69) is 78.9 Å². The Bertz CT molecular complexity index is 2200. The fourth-order valence-corrected chi connectivity index (χ4v) is 5.40. The number of rotatable bonds is 4. The van der Waals surface area contributed by atoms with E-state index < -0.39 is 0 Å². The molecule has 0 saturated carbocycles. The van der Waals surface area contributed by atoms with E-state index in [1.54, 1.807) is 0 Å². The second-order valence-electron chi connectivity index (χ2n) is 10.1. The number of fused-ring (bicyclic) bond motifs is 4. The van der Waals surface area contributed by atoms with Crippen LogP contribution < -0.4 is 0 Å². The van der Waals surface area contributed by atoms with Gasteiger partial charge in [-0.1, -0.05) is 109 Å². The number of para-hydroxylation sites is 1. The summed E-state index contributed by atoms with van der Waals surface area (Å²) in [4.78, 5) is 14.8. The van der Waals surface area contributed by atoms with E-state index in [1.807, 2.05) is 60.7 Å². The average molecular weight is 526 g/mol. The number of hydrogen-bond donors (Lipinski definition) is 0. The summed E-state index contributed by atoms with van der Waals surface area (Å²) in [6, 6.07) is 47.7. The van der Waals surface area contributed by atoms with Crippen molar-refractivity contribution in [2.24, 2.45) is 0 Å². The van der Waals surface area contributed by atoms with Crippen LogP contribution in [0.15, 0.2) is 144 Å². The Morgan fingerprint density at radius 3 is 1.71 bits per heavy atom. The molecule has 0 fully saturated rings. The number of hydrogen-bond acceptors (Lipinski definition) is 4. The van der Waals surface area contributed by atoms with Crippen LogP contribution in [0, 0.1) is 0 Å². The lowest BCUT2D eigenvalue weighted by atomic mass is 10.00. The van der Waals surface area contributed by atoms with Gasteiger partial charge >= 0.3 is 0 Å². The third-order valence-corrected chi connectivity index (χ3v) is 7.53. The maximum Gasteiger partial charge on any atom is 0.164 e. The van der Waals surface area contributed by atoms with Crippen molar-refractivity contribution in [3.05, 3.63) is 140 Å². The van der Waals surface area contributed by atoms with Gasteiger partial charge in [0.15, 0.2) is 17.5 Å². The molecule has 41 heavy (non-hydrogen) atoms. The molecule has 4 heteroatoms. The van der Waals surface area contributed by atoms with Gasteiger partial charge in [0, 0.05) is 27.5 Å². The number of benzene rings is 6. The minimum atomic E-state index is 0.625. The first-order valence-corrected chi connectivity index (χ1v) is 13.6. The molecule has 2 aromatic heterocycles. The van der Waals surface area contributed by atoms with E-state index in [-0.39, 0.29) is 0 Å². The molecule has 0 aliphatic carbocycles. The van der Waals surface area contributed by atoms with Gasteiger partial charge in [-0.3, -0.25) is 0 Å². The van der Waals surface area contributed by atoms with Crippen molar-refractivity contribution >= 4 is 32.7 Å². The van der Waals surface area contributed by atoms with Gasteiger partial charge in [0.2, 0.25) is 0 Å². The van der Waals surface area contributed by atoms with Crippen LogP contribution in [-0.4, -0.2) is 15.0 Å². The van der Waals surface area contributed by atoms with Crippen LogP contribution in [0.5, 0.6) is 0 Å². The highest BCUT2D eigenvalue weighted by molar-refractivity contribution is 6.06. The molecule has 0 amide bonds. The SMILES string of the molecule is c1ccc(-c2nc(-c3ccc(-c4ccc5ccccc5c4)cc3)nc(-c3ccc4oc5ccccc5c4c3)n2)cc1.